The average Bonchev–Trinajstić information content (AvgIpc) is 3.17. The van der Waals surface area contributed by atoms with E-state index in [1.165, 1.54) is 43.5 Å². The van der Waals surface area contributed by atoms with E-state index in [0.717, 1.165) is 16.4 Å². The first-order valence-corrected chi connectivity index (χ1v) is 7.32. The summed E-state index contributed by atoms with van der Waals surface area (Å²) in [6.07, 6.45) is 5.52. The fourth-order valence-electron chi connectivity index (χ4n) is 2.39. The molecule has 0 spiro atoms. The molecule has 0 saturated heterocycles. The van der Waals surface area contributed by atoms with Gasteiger partial charge in [-0.2, -0.15) is 0 Å². The van der Waals surface area contributed by atoms with Crippen LogP contribution in [0.3, 0.4) is 0 Å². The number of benzene rings is 1. The maximum absolute atomic E-state index is 5.86. The van der Waals surface area contributed by atoms with Crippen LogP contribution in [0, 0.1) is 5.92 Å². The van der Waals surface area contributed by atoms with E-state index >= 15 is 0 Å². The highest BCUT2D eigenvalue weighted by Gasteiger charge is 2.34. The van der Waals surface area contributed by atoms with Gasteiger partial charge in [-0.1, -0.05) is 22.0 Å². The van der Waals surface area contributed by atoms with Gasteiger partial charge >= 0.3 is 0 Å². The average molecular weight is 295 g/mol. The molecule has 3 rings (SSSR count). The van der Waals surface area contributed by atoms with Crippen LogP contribution in [0.15, 0.2) is 22.7 Å². The van der Waals surface area contributed by atoms with Crippen molar-refractivity contribution in [2.75, 3.05) is 11.4 Å². The molecule has 2 fully saturated rings. The van der Waals surface area contributed by atoms with E-state index in [1.54, 1.807) is 0 Å². The van der Waals surface area contributed by atoms with Gasteiger partial charge in [0, 0.05) is 29.3 Å². The van der Waals surface area contributed by atoms with Crippen molar-refractivity contribution in [3.8, 4) is 0 Å². The number of anilines is 1. The van der Waals surface area contributed by atoms with Crippen molar-refractivity contribution in [3.63, 3.8) is 0 Å². The maximum Gasteiger partial charge on any atom is 0.0425 e. The van der Waals surface area contributed by atoms with E-state index < -0.39 is 0 Å². The van der Waals surface area contributed by atoms with Crippen LogP contribution in [0.2, 0.25) is 0 Å². The number of hydrogen-bond donors (Lipinski definition) is 1. The van der Waals surface area contributed by atoms with Gasteiger partial charge in [-0.05, 0) is 49.3 Å². The summed E-state index contributed by atoms with van der Waals surface area (Å²) in [5, 5.41) is 0. The lowest BCUT2D eigenvalue weighted by atomic mass is 10.1. The summed E-state index contributed by atoms with van der Waals surface area (Å²) < 4.78 is 1.16. The third-order valence-electron chi connectivity index (χ3n) is 3.72. The van der Waals surface area contributed by atoms with Crippen LogP contribution in [-0.2, 0) is 6.54 Å². The van der Waals surface area contributed by atoms with Crippen LogP contribution < -0.4 is 10.6 Å². The lowest BCUT2D eigenvalue weighted by molar-refractivity contribution is 0.714. The van der Waals surface area contributed by atoms with E-state index in [-0.39, 0.29) is 0 Å². The molecule has 92 valence electrons. The lowest BCUT2D eigenvalue weighted by Gasteiger charge is -2.27. The SMILES string of the molecule is NCc1ccc(Br)cc1N(CC1CC1)C1CC1. The molecule has 3 heteroatoms. The molecule has 1 aromatic carbocycles. The second-order valence-corrected chi connectivity index (χ2v) is 6.22. The molecule has 2 aliphatic carbocycles. The molecule has 2 saturated carbocycles. The molecule has 0 radical (unpaired) electrons. The minimum atomic E-state index is 0.635. The van der Waals surface area contributed by atoms with Crippen LogP contribution in [0.5, 0.6) is 0 Å². The van der Waals surface area contributed by atoms with Gasteiger partial charge in [-0.3, -0.25) is 0 Å². The highest BCUT2D eigenvalue weighted by molar-refractivity contribution is 9.10. The maximum atomic E-state index is 5.86. The molecule has 0 unspecified atom stereocenters. The van der Waals surface area contributed by atoms with E-state index in [2.05, 4.69) is 39.0 Å². The van der Waals surface area contributed by atoms with Crippen molar-refractivity contribution >= 4 is 21.6 Å². The van der Waals surface area contributed by atoms with Crippen LogP contribution >= 0.6 is 15.9 Å². The topological polar surface area (TPSA) is 29.3 Å². The predicted molar refractivity (Wildman–Crippen MR) is 75.1 cm³/mol. The monoisotopic (exact) mass is 294 g/mol. The third-order valence-corrected chi connectivity index (χ3v) is 4.21. The van der Waals surface area contributed by atoms with Crippen molar-refractivity contribution in [2.24, 2.45) is 11.7 Å². The van der Waals surface area contributed by atoms with Gasteiger partial charge < -0.3 is 10.6 Å². The Morgan fingerprint density at radius 3 is 2.59 bits per heavy atom. The highest BCUT2D eigenvalue weighted by atomic mass is 79.9. The fourth-order valence-corrected chi connectivity index (χ4v) is 2.73. The Morgan fingerprint density at radius 1 is 1.24 bits per heavy atom. The Bertz CT molecular complexity index is 411. The molecule has 2 aliphatic rings. The summed E-state index contributed by atoms with van der Waals surface area (Å²) in [6.45, 7) is 1.87. The summed E-state index contributed by atoms with van der Waals surface area (Å²) in [4.78, 5) is 2.60. The van der Waals surface area contributed by atoms with E-state index in [4.69, 9.17) is 5.73 Å². The number of nitrogens with two attached hydrogens (primary N) is 1. The first kappa shape index (κ1) is 11.5. The first-order chi connectivity index (χ1) is 8.28. The molecular formula is C14H19BrN2. The van der Waals surface area contributed by atoms with Gasteiger partial charge in [0.25, 0.3) is 0 Å². The van der Waals surface area contributed by atoms with Crippen molar-refractivity contribution in [3.05, 3.63) is 28.2 Å². The predicted octanol–water partition coefficient (Wildman–Crippen LogP) is 3.29. The Morgan fingerprint density at radius 2 is 2.00 bits per heavy atom. The van der Waals surface area contributed by atoms with Crippen molar-refractivity contribution in [1.29, 1.82) is 0 Å². The second kappa shape index (κ2) is 4.62. The van der Waals surface area contributed by atoms with E-state index in [1.807, 2.05) is 0 Å². The standard InChI is InChI=1S/C14H19BrN2/c15-12-4-3-11(8-16)14(7-12)17(13-5-6-13)9-10-1-2-10/h3-4,7,10,13H,1-2,5-6,8-9,16H2. The number of nitrogens with zero attached hydrogens (tertiary/aromatic N) is 1. The largest absolute Gasteiger partial charge is 0.368 e. The molecule has 0 aliphatic heterocycles. The molecule has 2 nitrogen and oxygen atoms in total. The van der Waals surface area contributed by atoms with Crippen molar-refractivity contribution in [1.82, 2.24) is 0 Å². The number of halogens is 1. The van der Waals surface area contributed by atoms with E-state index in [9.17, 15) is 0 Å². The molecule has 2 N–H and O–H groups in total. The van der Waals surface area contributed by atoms with Gasteiger partial charge in [0.1, 0.15) is 0 Å². The summed E-state index contributed by atoms with van der Waals surface area (Å²) >= 11 is 3.58. The van der Waals surface area contributed by atoms with Gasteiger partial charge in [0.05, 0.1) is 0 Å². The summed E-state index contributed by atoms with van der Waals surface area (Å²) in [5.41, 5.74) is 8.50. The fraction of sp³-hybridized carbons (Fsp3) is 0.571. The molecule has 0 heterocycles. The van der Waals surface area contributed by atoms with Gasteiger partial charge in [-0.15, -0.1) is 0 Å². The van der Waals surface area contributed by atoms with Gasteiger partial charge in [0.15, 0.2) is 0 Å². The molecule has 0 atom stereocenters. The van der Waals surface area contributed by atoms with Crippen LogP contribution in [0.1, 0.15) is 31.2 Å². The van der Waals surface area contributed by atoms with Crippen LogP contribution in [0.4, 0.5) is 5.69 Å². The Balaban J connectivity index is 1.89. The lowest BCUT2D eigenvalue weighted by Crippen LogP contribution is -2.29. The second-order valence-electron chi connectivity index (χ2n) is 5.30. The van der Waals surface area contributed by atoms with Crippen molar-refractivity contribution < 1.29 is 0 Å². The quantitative estimate of drug-likeness (QED) is 0.903. The zero-order valence-electron chi connectivity index (χ0n) is 10.0. The molecule has 0 amide bonds. The molecule has 0 bridgehead atoms. The van der Waals surface area contributed by atoms with Gasteiger partial charge in [-0.25, -0.2) is 0 Å². The van der Waals surface area contributed by atoms with Crippen LogP contribution in [-0.4, -0.2) is 12.6 Å². The highest BCUT2D eigenvalue weighted by Crippen LogP contribution is 2.39. The summed E-state index contributed by atoms with van der Waals surface area (Å²) in [7, 11) is 0. The minimum absolute atomic E-state index is 0.635. The molecular weight excluding hydrogens is 276 g/mol. The molecule has 0 aromatic heterocycles. The smallest absolute Gasteiger partial charge is 0.0425 e. The molecule has 1 aromatic rings. The Hall–Kier alpha value is -0.540. The van der Waals surface area contributed by atoms with Crippen LogP contribution in [0.25, 0.3) is 0 Å². The van der Waals surface area contributed by atoms with Gasteiger partial charge in [0.2, 0.25) is 0 Å². The van der Waals surface area contributed by atoms with Crippen molar-refractivity contribution in [2.45, 2.75) is 38.3 Å². The third kappa shape index (κ3) is 2.66. The minimum Gasteiger partial charge on any atom is -0.368 e. The zero-order valence-corrected chi connectivity index (χ0v) is 11.6. The number of rotatable bonds is 5. The first-order valence-electron chi connectivity index (χ1n) is 6.53. The number of hydrogen-bond acceptors (Lipinski definition) is 2. The molecule has 17 heavy (non-hydrogen) atoms. The summed E-state index contributed by atoms with van der Waals surface area (Å²) in [5.74, 6) is 0.931. The Kier molecular flexibility index (Phi) is 3.14. The Labute approximate surface area is 111 Å². The normalized spacial score (nSPS) is 19.4. The zero-order chi connectivity index (χ0) is 11.8. The summed E-state index contributed by atoms with van der Waals surface area (Å²) in [6, 6.07) is 7.26. The van der Waals surface area contributed by atoms with E-state index in [0.29, 0.717) is 6.54 Å².